The molecule has 1 aromatic heterocycles. The number of hydrogen-bond acceptors (Lipinski definition) is 4. The third kappa shape index (κ3) is 6.09. The summed E-state index contributed by atoms with van der Waals surface area (Å²) in [5.41, 5.74) is 3.28. The molecule has 1 aliphatic heterocycles. The highest BCUT2D eigenvalue weighted by Crippen LogP contribution is 2.26. The third-order valence-electron chi connectivity index (χ3n) is 5.78. The van der Waals surface area contributed by atoms with Gasteiger partial charge in [-0.3, -0.25) is 9.59 Å². The summed E-state index contributed by atoms with van der Waals surface area (Å²) in [6.45, 7) is 7.64. The molecule has 0 bridgehead atoms. The average Bonchev–Trinajstić information content (AvgIpc) is 2.76. The number of rotatable bonds is 7. The van der Waals surface area contributed by atoms with Crippen molar-refractivity contribution in [3.05, 3.63) is 58.4 Å². The first-order valence-corrected chi connectivity index (χ1v) is 11.0. The molecule has 6 nitrogen and oxygen atoms in total. The molecule has 3 rings (SSSR count). The minimum atomic E-state index is -0.297. The fourth-order valence-corrected chi connectivity index (χ4v) is 4.02. The van der Waals surface area contributed by atoms with Crippen molar-refractivity contribution in [3.63, 3.8) is 0 Å². The fraction of sp³-hybridized carbons (Fsp3) is 0.500. The van der Waals surface area contributed by atoms with Gasteiger partial charge in [0.25, 0.3) is 0 Å². The summed E-state index contributed by atoms with van der Waals surface area (Å²) < 4.78 is 13.0. The Kier molecular flexibility index (Phi) is 7.71. The molecule has 2 aromatic rings. The van der Waals surface area contributed by atoms with E-state index in [-0.39, 0.29) is 30.0 Å². The van der Waals surface area contributed by atoms with Crippen molar-refractivity contribution < 1.29 is 14.0 Å². The molecule has 0 radical (unpaired) electrons. The highest BCUT2D eigenvalue weighted by molar-refractivity contribution is 5.79. The second kappa shape index (κ2) is 10.5. The number of carbonyl (C=O) groups is 2. The van der Waals surface area contributed by atoms with Crippen molar-refractivity contribution >= 4 is 11.8 Å². The quantitative estimate of drug-likeness (QED) is 0.734. The number of piperidine rings is 1. The summed E-state index contributed by atoms with van der Waals surface area (Å²) in [6, 6.07) is 6.07. The molecule has 166 valence electrons. The molecular formula is C24H31FN4O2. The Balaban J connectivity index is 1.63. The molecule has 31 heavy (non-hydrogen) atoms. The predicted molar refractivity (Wildman–Crippen MR) is 117 cm³/mol. The van der Waals surface area contributed by atoms with Crippen molar-refractivity contribution in [1.82, 2.24) is 20.2 Å². The molecule has 0 aliphatic carbocycles. The van der Waals surface area contributed by atoms with Gasteiger partial charge < -0.3 is 10.2 Å². The van der Waals surface area contributed by atoms with Crippen LogP contribution in [0.3, 0.4) is 0 Å². The number of nitrogens with zero attached hydrogens (tertiary/aromatic N) is 3. The molecule has 2 heterocycles. The number of aryl methyl sites for hydroxylation is 2. The van der Waals surface area contributed by atoms with Crippen molar-refractivity contribution in [2.24, 2.45) is 0 Å². The largest absolute Gasteiger partial charge is 0.352 e. The maximum atomic E-state index is 13.0. The molecule has 1 fully saturated rings. The summed E-state index contributed by atoms with van der Waals surface area (Å²) in [7, 11) is 0. The van der Waals surface area contributed by atoms with Crippen LogP contribution in [-0.2, 0) is 22.6 Å². The lowest BCUT2D eigenvalue weighted by molar-refractivity contribution is -0.132. The minimum absolute atomic E-state index is 0.124. The second-order valence-electron chi connectivity index (χ2n) is 8.24. The Morgan fingerprint density at radius 2 is 1.84 bits per heavy atom. The SMILES string of the molecule is CCCC(=O)N1CCCC(c2nc(C)c(CC(=O)NCc3ccc(F)cc3)c(C)n2)C1. The van der Waals surface area contributed by atoms with E-state index in [0.717, 1.165) is 54.1 Å². The fourth-order valence-electron chi connectivity index (χ4n) is 4.02. The molecule has 7 heteroatoms. The molecule has 1 aliphatic rings. The Morgan fingerprint density at radius 1 is 1.16 bits per heavy atom. The van der Waals surface area contributed by atoms with Crippen LogP contribution < -0.4 is 5.32 Å². The van der Waals surface area contributed by atoms with Crippen LogP contribution >= 0.6 is 0 Å². The van der Waals surface area contributed by atoms with E-state index in [9.17, 15) is 14.0 Å². The lowest BCUT2D eigenvalue weighted by Gasteiger charge is -2.32. The standard InChI is InChI=1S/C24H31FN4O2/c1-4-6-23(31)29-12-5-7-19(15-29)24-27-16(2)21(17(3)28-24)13-22(30)26-14-18-8-10-20(25)11-9-18/h8-11,19H,4-7,12-15H2,1-3H3,(H,26,30). The Bertz CT molecular complexity index is 907. The number of amides is 2. The predicted octanol–water partition coefficient (Wildman–Crippen LogP) is 3.60. The molecule has 1 N–H and O–H groups in total. The van der Waals surface area contributed by atoms with Crippen LogP contribution in [-0.4, -0.2) is 39.8 Å². The Labute approximate surface area is 183 Å². The van der Waals surface area contributed by atoms with E-state index in [2.05, 4.69) is 5.32 Å². The Morgan fingerprint density at radius 3 is 2.48 bits per heavy atom. The highest BCUT2D eigenvalue weighted by Gasteiger charge is 2.27. The first-order valence-electron chi connectivity index (χ1n) is 11.0. The topological polar surface area (TPSA) is 75.2 Å². The van der Waals surface area contributed by atoms with Gasteiger partial charge in [-0.25, -0.2) is 14.4 Å². The number of halogens is 1. The van der Waals surface area contributed by atoms with Crippen molar-refractivity contribution in [2.75, 3.05) is 13.1 Å². The van der Waals surface area contributed by atoms with Gasteiger partial charge in [0.2, 0.25) is 11.8 Å². The van der Waals surface area contributed by atoms with Crippen LogP contribution in [0.25, 0.3) is 0 Å². The van der Waals surface area contributed by atoms with Gasteiger partial charge >= 0.3 is 0 Å². The molecule has 1 aromatic carbocycles. The van der Waals surface area contributed by atoms with Crippen LogP contribution in [0.15, 0.2) is 24.3 Å². The van der Waals surface area contributed by atoms with Crippen LogP contribution in [0.5, 0.6) is 0 Å². The van der Waals surface area contributed by atoms with E-state index in [1.54, 1.807) is 12.1 Å². The second-order valence-corrected chi connectivity index (χ2v) is 8.24. The smallest absolute Gasteiger partial charge is 0.224 e. The summed E-state index contributed by atoms with van der Waals surface area (Å²) in [5, 5.41) is 2.87. The van der Waals surface area contributed by atoms with Gasteiger partial charge in [-0.2, -0.15) is 0 Å². The minimum Gasteiger partial charge on any atom is -0.352 e. The van der Waals surface area contributed by atoms with Crippen LogP contribution in [0.1, 0.15) is 66.9 Å². The van der Waals surface area contributed by atoms with E-state index < -0.39 is 0 Å². The summed E-state index contributed by atoms with van der Waals surface area (Å²) in [5.74, 6) is 0.679. The monoisotopic (exact) mass is 426 g/mol. The first-order chi connectivity index (χ1) is 14.9. The zero-order valence-electron chi connectivity index (χ0n) is 18.6. The number of likely N-dealkylation sites (tertiary alicyclic amines) is 1. The molecule has 0 spiro atoms. The van der Waals surface area contributed by atoms with E-state index >= 15 is 0 Å². The van der Waals surface area contributed by atoms with Gasteiger partial charge in [0.1, 0.15) is 11.6 Å². The summed E-state index contributed by atoms with van der Waals surface area (Å²) >= 11 is 0. The van der Waals surface area contributed by atoms with Crippen LogP contribution in [0.4, 0.5) is 4.39 Å². The number of carbonyl (C=O) groups excluding carboxylic acids is 2. The van der Waals surface area contributed by atoms with Crippen molar-refractivity contribution in [1.29, 1.82) is 0 Å². The molecule has 0 saturated carbocycles. The molecular weight excluding hydrogens is 395 g/mol. The van der Waals surface area contributed by atoms with Gasteiger partial charge in [0, 0.05) is 48.9 Å². The summed E-state index contributed by atoms with van der Waals surface area (Å²) in [6.07, 6.45) is 3.55. The lowest BCUT2D eigenvalue weighted by Crippen LogP contribution is -2.39. The molecule has 2 amide bonds. The van der Waals surface area contributed by atoms with Crippen LogP contribution in [0, 0.1) is 19.7 Å². The zero-order valence-corrected chi connectivity index (χ0v) is 18.6. The van der Waals surface area contributed by atoms with E-state index in [1.165, 1.54) is 12.1 Å². The molecule has 1 unspecified atom stereocenters. The van der Waals surface area contributed by atoms with Gasteiger partial charge in [0.05, 0.1) is 6.42 Å². The maximum absolute atomic E-state index is 13.0. The van der Waals surface area contributed by atoms with Gasteiger partial charge in [-0.05, 0) is 50.8 Å². The van der Waals surface area contributed by atoms with Gasteiger partial charge in [0.15, 0.2) is 0 Å². The third-order valence-corrected chi connectivity index (χ3v) is 5.78. The number of hydrogen-bond donors (Lipinski definition) is 1. The van der Waals surface area contributed by atoms with E-state index in [4.69, 9.17) is 9.97 Å². The van der Waals surface area contributed by atoms with Crippen molar-refractivity contribution in [3.8, 4) is 0 Å². The zero-order chi connectivity index (χ0) is 22.4. The average molecular weight is 427 g/mol. The molecule has 1 saturated heterocycles. The lowest BCUT2D eigenvalue weighted by atomic mass is 9.96. The highest BCUT2D eigenvalue weighted by atomic mass is 19.1. The van der Waals surface area contributed by atoms with Crippen molar-refractivity contribution in [2.45, 2.75) is 65.3 Å². The van der Waals surface area contributed by atoms with E-state index in [1.807, 2.05) is 25.7 Å². The molecule has 1 atom stereocenters. The van der Waals surface area contributed by atoms with Crippen LogP contribution in [0.2, 0.25) is 0 Å². The first kappa shape index (κ1) is 22.8. The van der Waals surface area contributed by atoms with Gasteiger partial charge in [-0.15, -0.1) is 0 Å². The number of aromatic nitrogens is 2. The normalized spacial score (nSPS) is 16.3. The van der Waals surface area contributed by atoms with Gasteiger partial charge in [-0.1, -0.05) is 19.1 Å². The number of benzene rings is 1. The Hall–Kier alpha value is -2.83. The number of nitrogens with one attached hydrogen (secondary N) is 1. The summed E-state index contributed by atoms with van der Waals surface area (Å²) in [4.78, 5) is 36.1. The van der Waals surface area contributed by atoms with E-state index in [0.29, 0.717) is 19.5 Å². The maximum Gasteiger partial charge on any atom is 0.224 e.